The predicted octanol–water partition coefficient (Wildman–Crippen LogP) is 2.38. The largest absolute Gasteiger partial charge is 0.398 e. The minimum atomic E-state index is -0.0994. The standard InChI is InChI=1S/C14H21N3OS/c1-9-7-13(15)12(8-16-9)14(18)17-10-3-5-11(19-2)6-4-10/h7-8,10-11H,3-6H2,1-2H3,(H2,15,16)(H,17,18). The first-order valence-electron chi connectivity index (χ1n) is 6.66. The molecule has 1 heterocycles. The van der Waals surface area contributed by atoms with Crippen LogP contribution in [-0.2, 0) is 0 Å². The summed E-state index contributed by atoms with van der Waals surface area (Å²) < 4.78 is 0. The van der Waals surface area contributed by atoms with Crippen LogP contribution in [0.3, 0.4) is 0 Å². The zero-order valence-electron chi connectivity index (χ0n) is 11.5. The van der Waals surface area contributed by atoms with Crippen molar-refractivity contribution >= 4 is 23.4 Å². The summed E-state index contributed by atoms with van der Waals surface area (Å²) in [5, 5.41) is 3.82. The Morgan fingerprint density at radius 2 is 2.11 bits per heavy atom. The molecule has 1 aliphatic carbocycles. The van der Waals surface area contributed by atoms with E-state index >= 15 is 0 Å². The van der Waals surface area contributed by atoms with E-state index in [-0.39, 0.29) is 11.9 Å². The van der Waals surface area contributed by atoms with Crippen LogP contribution in [0.25, 0.3) is 0 Å². The average Bonchev–Trinajstić information content (AvgIpc) is 2.39. The highest BCUT2D eigenvalue weighted by atomic mass is 32.2. The maximum atomic E-state index is 12.2. The van der Waals surface area contributed by atoms with E-state index < -0.39 is 0 Å². The second-order valence-electron chi connectivity index (χ2n) is 5.10. The Kier molecular flexibility index (Phi) is 4.69. The lowest BCUT2D eigenvalue weighted by atomic mass is 9.94. The fourth-order valence-electron chi connectivity index (χ4n) is 2.48. The van der Waals surface area contributed by atoms with Gasteiger partial charge in [-0.3, -0.25) is 9.78 Å². The number of amides is 1. The number of nitrogens with two attached hydrogens (primary N) is 1. The molecule has 1 aliphatic rings. The molecule has 4 nitrogen and oxygen atoms in total. The van der Waals surface area contributed by atoms with Crippen molar-refractivity contribution < 1.29 is 4.79 Å². The molecule has 0 unspecified atom stereocenters. The van der Waals surface area contributed by atoms with Gasteiger partial charge in [0, 0.05) is 28.9 Å². The molecule has 1 aromatic heterocycles. The van der Waals surface area contributed by atoms with Gasteiger partial charge >= 0.3 is 0 Å². The third-order valence-corrected chi connectivity index (χ3v) is 4.80. The first-order chi connectivity index (χ1) is 9.10. The lowest BCUT2D eigenvalue weighted by molar-refractivity contribution is 0.0928. The number of aromatic nitrogens is 1. The van der Waals surface area contributed by atoms with Crippen molar-refractivity contribution in [2.45, 2.75) is 43.9 Å². The number of hydrogen-bond donors (Lipinski definition) is 2. The molecule has 1 amide bonds. The smallest absolute Gasteiger partial charge is 0.255 e. The molecule has 1 aromatic rings. The van der Waals surface area contributed by atoms with E-state index in [0.29, 0.717) is 11.3 Å². The lowest BCUT2D eigenvalue weighted by Crippen LogP contribution is -2.38. The van der Waals surface area contributed by atoms with Gasteiger partial charge in [0.05, 0.1) is 5.56 Å². The highest BCUT2D eigenvalue weighted by Gasteiger charge is 2.22. The minimum Gasteiger partial charge on any atom is -0.398 e. The van der Waals surface area contributed by atoms with Crippen LogP contribution in [0, 0.1) is 6.92 Å². The molecule has 0 aromatic carbocycles. The van der Waals surface area contributed by atoms with Gasteiger partial charge in [0.25, 0.3) is 5.91 Å². The van der Waals surface area contributed by atoms with Crippen molar-refractivity contribution in [2.24, 2.45) is 0 Å². The molecular weight excluding hydrogens is 258 g/mol. The predicted molar refractivity (Wildman–Crippen MR) is 80.4 cm³/mol. The molecular formula is C14H21N3OS. The maximum Gasteiger partial charge on any atom is 0.255 e. The second-order valence-corrected chi connectivity index (χ2v) is 6.23. The Labute approximate surface area is 118 Å². The molecule has 1 saturated carbocycles. The van der Waals surface area contributed by atoms with Crippen molar-refractivity contribution in [2.75, 3.05) is 12.0 Å². The molecule has 3 N–H and O–H groups in total. The van der Waals surface area contributed by atoms with Crippen LogP contribution in [0.4, 0.5) is 5.69 Å². The number of thioether (sulfide) groups is 1. The Balaban J connectivity index is 1.94. The fourth-order valence-corrected chi connectivity index (χ4v) is 3.22. The number of anilines is 1. The van der Waals surface area contributed by atoms with Gasteiger partial charge in [0.2, 0.25) is 0 Å². The van der Waals surface area contributed by atoms with E-state index in [9.17, 15) is 4.79 Å². The van der Waals surface area contributed by atoms with Crippen LogP contribution in [0.1, 0.15) is 41.7 Å². The number of pyridine rings is 1. The van der Waals surface area contributed by atoms with E-state index in [0.717, 1.165) is 23.8 Å². The van der Waals surface area contributed by atoms with E-state index in [1.165, 1.54) is 12.8 Å². The summed E-state index contributed by atoms with van der Waals surface area (Å²) in [6.45, 7) is 1.86. The molecule has 2 rings (SSSR count). The Morgan fingerprint density at radius 3 is 2.68 bits per heavy atom. The maximum absolute atomic E-state index is 12.2. The van der Waals surface area contributed by atoms with Gasteiger partial charge in [-0.1, -0.05) is 0 Å². The van der Waals surface area contributed by atoms with E-state index in [1.54, 1.807) is 12.3 Å². The zero-order valence-corrected chi connectivity index (χ0v) is 12.3. The van der Waals surface area contributed by atoms with E-state index in [4.69, 9.17) is 5.73 Å². The molecule has 0 aliphatic heterocycles. The van der Waals surface area contributed by atoms with E-state index in [1.807, 2.05) is 18.7 Å². The van der Waals surface area contributed by atoms with Gasteiger partial charge in [0.1, 0.15) is 0 Å². The molecule has 19 heavy (non-hydrogen) atoms. The van der Waals surface area contributed by atoms with Crippen molar-refractivity contribution in [3.63, 3.8) is 0 Å². The van der Waals surface area contributed by atoms with Crippen molar-refractivity contribution in [1.82, 2.24) is 10.3 Å². The number of nitrogens with zero attached hydrogens (tertiary/aromatic N) is 1. The summed E-state index contributed by atoms with van der Waals surface area (Å²) in [4.78, 5) is 16.3. The minimum absolute atomic E-state index is 0.0994. The number of aryl methyl sites for hydroxylation is 1. The first kappa shape index (κ1) is 14.2. The Morgan fingerprint density at radius 1 is 1.42 bits per heavy atom. The van der Waals surface area contributed by atoms with Crippen molar-refractivity contribution in [3.05, 3.63) is 23.5 Å². The summed E-state index contributed by atoms with van der Waals surface area (Å²) in [6, 6.07) is 2.01. The molecule has 1 fully saturated rings. The van der Waals surface area contributed by atoms with Crippen LogP contribution < -0.4 is 11.1 Å². The summed E-state index contributed by atoms with van der Waals surface area (Å²) in [5.74, 6) is -0.0994. The van der Waals surface area contributed by atoms with Gasteiger partial charge in [-0.2, -0.15) is 11.8 Å². The zero-order chi connectivity index (χ0) is 13.8. The number of carbonyl (C=O) groups excluding carboxylic acids is 1. The highest BCUT2D eigenvalue weighted by Crippen LogP contribution is 2.27. The van der Waals surface area contributed by atoms with Gasteiger partial charge in [-0.15, -0.1) is 0 Å². The summed E-state index contributed by atoms with van der Waals surface area (Å²) in [6.07, 6.45) is 8.17. The molecule has 0 atom stereocenters. The van der Waals surface area contributed by atoms with Crippen LogP contribution >= 0.6 is 11.8 Å². The topological polar surface area (TPSA) is 68.0 Å². The van der Waals surface area contributed by atoms with Gasteiger partial charge in [-0.05, 0) is 44.9 Å². The number of rotatable bonds is 3. The number of hydrogen-bond acceptors (Lipinski definition) is 4. The molecule has 0 radical (unpaired) electrons. The van der Waals surface area contributed by atoms with Crippen LogP contribution in [-0.4, -0.2) is 28.4 Å². The van der Waals surface area contributed by atoms with Gasteiger partial charge in [0.15, 0.2) is 0 Å². The Bertz CT molecular complexity index is 456. The van der Waals surface area contributed by atoms with Crippen molar-refractivity contribution in [1.29, 1.82) is 0 Å². The fraction of sp³-hybridized carbons (Fsp3) is 0.571. The average molecular weight is 279 g/mol. The normalized spacial score (nSPS) is 23.1. The molecule has 104 valence electrons. The lowest BCUT2D eigenvalue weighted by Gasteiger charge is -2.28. The molecule has 0 saturated heterocycles. The molecule has 5 heteroatoms. The summed E-state index contributed by atoms with van der Waals surface area (Å²) >= 11 is 1.92. The number of carbonyl (C=O) groups is 1. The molecule has 0 bridgehead atoms. The summed E-state index contributed by atoms with van der Waals surface area (Å²) in [5.41, 5.74) is 7.68. The summed E-state index contributed by atoms with van der Waals surface area (Å²) in [7, 11) is 0. The van der Waals surface area contributed by atoms with Crippen molar-refractivity contribution in [3.8, 4) is 0 Å². The highest BCUT2D eigenvalue weighted by molar-refractivity contribution is 7.99. The Hall–Kier alpha value is -1.23. The number of nitrogens with one attached hydrogen (secondary N) is 1. The number of nitrogen functional groups attached to an aromatic ring is 1. The SMILES string of the molecule is CSC1CCC(NC(=O)c2cnc(C)cc2N)CC1. The van der Waals surface area contributed by atoms with Gasteiger partial charge < -0.3 is 11.1 Å². The van der Waals surface area contributed by atoms with Crippen LogP contribution in [0.2, 0.25) is 0 Å². The molecule has 0 spiro atoms. The van der Waals surface area contributed by atoms with E-state index in [2.05, 4.69) is 16.6 Å². The van der Waals surface area contributed by atoms with Gasteiger partial charge in [-0.25, -0.2) is 0 Å². The third-order valence-electron chi connectivity index (χ3n) is 3.66. The quantitative estimate of drug-likeness (QED) is 0.891. The second kappa shape index (κ2) is 6.28. The first-order valence-corrected chi connectivity index (χ1v) is 7.94. The monoisotopic (exact) mass is 279 g/mol. The van der Waals surface area contributed by atoms with Crippen LogP contribution in [0.5, 0.6) is 0 Å². The third kappa shape index (κ3) is 3.62. The van der Waals surface area contributed by atoms with Crippen LogP contribution in [0.15, 0.2) is 12.3 Å².